The maximum absolute atomic E-state index is 13.3. The number of sulfone groups is 1. The van der Waals surface area contributed by atoms with Gasteiger partial charge < -0.3 is 9.47 Å². The Balaban J connectivity index is 1.39. The van der Waals surface area contributed by atoms with E-state index >= 15 is 0 Å². The van der Waals surface area contributed by atoms with Gasteiger partial charge in [0.1, 0.15) is 11.7 Å². The summed E-state index contributed by atoms with van der Waals surface area (Å²) in [5.74, 6) is -1.23. The van der Waals surface area contributed by atoms with Crippen molar-refractivity contribution in [3.63, 3.8) is 0 Å². The molecule has 9 nitrogen and oxygen atoms in total. The first kappa shape index (κ1) is 23.4. The van der Waals surface area contributed by atoms with Crippen LogP contribution in [0.1, 0.15) is 19.3 Å². The fraction of sp³-hybridized carbons (Fsp3) is 0.360. The summed E-state index contributed by atoms with van der Waals surface area (Å²) in [4.78, 5) is 45.2. The average Bonchev–Trinajstić information content (AvgIpc) is 3.51. The molecule has 10 heteroatoms. The van der Waals surface area contributed by atoms with Gasteiger partial charge in [-0.15, -0.1) is 0 Å². The third-order valence-corrected chi connectivity index (χ3v) is 8.52. The minimum Gasteiger partial charge on any atom is -0.341 e. The van der Waals surface area contributed by atoms with Gasteiger partial charge >= 0.3 is 0 Å². The van der Waals surface area contributed by atoms with Crippen LogP contribution in [0.15, 0.2) is 59.4 Å². The average molecular weight is 495 g/mol. The molecule has 35 heavy (non-hydrogen) atoms. The van der Waals surface area contributed by atoms with Crippen LogP contribution in [0.4, 0.5) is 0 Å². The maximum Gasteiger partial charge on any atom is 0.277 e. The van der Waals surface area contributed by atoms with Crippen molar-refractivity contribution in [1.82, 2.24) is 19.8 Å². The van der Waals surface area contributed by atoms with Crippen molar-refractivity contribution in [2.24, 2.45) is 0 Å². The summed E-state index contributed by atoms with van der Waals surface area (Å²) in [6.07, 6.45) is 1.62. The van der Waals surface area contributed by atoms with Gasteiger partial charge in [0.15, 0.2) is 21.0 Å². The Morgan fingerprint density at radius 3 is 2.43 bits per heavy atom. The molecule has 2 atom stereocenters. The lowest BCUT2D eigenvalue weighted by atomic mass is 10.1. The van der Waals surface area contributed by atoms with Crippen molar-refractivity contribution in [2.45, 2.75) is 37.2 Å². The number of fused-ring (bicyclic) bond motifs is 1. The second-order valence-electron chi connectivity index (χ2n) is 8.95. The number of aromatic nitrogens is 2. The highest BCUT2D eigenvalue weighted by Crippen LogP contribution is 2.20. The predicted octanol–water partition coefficient (Wildman–Crippen LogP) is 1.36. The summed E-state index contributed by atoms with van der Waals surface area (Å²) < 4.78 is 26.9. The van der Waals surface area contributed by atoms with Crippen molar-refractivity contribution in [3.05, 3.63) is 65.0 Å². The van der Waals surface area contributed by atoms with E-state index in [1.165, 1.54) is 4.57 Å². The summed E-state index contributed by atoms with van der Waals surface area (Å²) in [6, 6.07) is 15.3. The summed E-state index contributed by atoms with van der Waals surface area (Å²) in [5, 5.41) is 1.31. The molecule has 2 aliphatic heterocycles. The number of nitrogens with one attached hydrogen (secondary N) is 1. The SMILES string of the molecule is O=C(CCn1c(=O)c(-c2ccccc2)nc2ccccc21)C1NC(C(=O)N2CCCC2)CS1(=O)=O. The van der Waals surface area contributed by atoms with E-state index in [4.69, 9.17) is 0 Å². The Morgan fingerprint density at radius 1 is 1.00 bits per heavy atom. The normalized spacial score (nSPS) is 21.4. The van der Waals surface area contributed by atoms with Crippen LogP contribution in [-0.4, -0.2) is 64.8 Å². The number of carbonyl (C=O) groups is 2. The van der Waals surface area contributed by atoms with E-state index in [0.717, 1.165) is 12.8 Å². The molecule has 3 heterocycles. The molecule has 1 amide bonds. The fourth-order valence-electron chi connectivity index (χ4n) is 4.81. The molecular weight excluding hydrogens is 468 g/mol. The Labute approximate surface area is 202 Å². The van der Waals surface area contributed by atoms with E-state index in [1.807, 2.05) is 24.3 Å². The van der Waals surface area contributed by atoms with Gasteiger partial charge in [0.05, 0.1) is 16.8 Å². The highest BCUT2D eigenvalue weighted by Gasteiger charge is 2.46. The lowest BCUT2D eigenvalue weighted by Gasteiger charge is -2.19. The number of nitrogens with zero attached hydrogens (tertiary/aromatic N) is 3. The zero-order valence-electron chi connectivity index (χ0n) is 19.1. The lowest BCUT2D eigenvalue weighted by molar-refractivity contribution is -0.131. The van der Waals surface area contributed by atoms with Crippen molar-refractivity contribution in [3.8, 4) is 11.3 Å². The second kappa shape index (κ2) is 9.35. The van der Waals surface area contributed by atoms with Gasteiger partial charge in [-0.2, -0.15) is 0 Å². The van der Waals surface area contributed by atoms with Gasteiger partial charge in [0, 0.05) is 31.6 Å². The van der Waals surface area contributed by atoms with Gasteiger partial charge in [0.25, 0.3) is 5.56 Å². The van der Waals surface area contributed by atoms with E-state index in [0.29, 0.717) is 29.7 Å². The van der Waals surface area contributed by atoms with E-state index in [1.54, 1.807) is 35.2 Å². The number of aryl methyl sites for hydroxylation is 1. The fourth-order valence-corrected chi connectivity index (χ4v) is 6.59. The van der Waals surface area contributed by atoms with Gasteiger partial charge in [0.2, 0.25) is 5.91 Å². The lowest BCUT2D eigenvalue weighted by Crippen LogP contribution is -2.47. The number of likely N-dealkylation sites (tertiary alicyclic amines) is 1. The van der Waals surface area contributed by atoms with Gasteiger partial charge in [-0.25, -0.2) is 13.4 Å². The predicted molar refractivity (Wildman–Crippen MR) is 131 cm³/mol. The van der Waals surface area contributed by atoms with E-state index in [-0.39, 0.29) is 30.1 Å². The molecule has 0 bridgehead atoms. The number of hydrogen-bond acceptors (Lipinski definition) is 7. The quantitative estimate of drug-likeness (QED) is 0.550. The van der Waals surface area contributed by atoms with Gasteiger partial charge in [-0.1, -0.05) is 42.5 Å². The summed E-state index contributed by atoms with van der Waals surface area (Å²) in [6.45, 7) is 1.22. The van der Waals surface area contributed by atoms with Crippen LogP contribution in [0.5, 0.6) is 0 Å². The molecular formula is C25H26N4O5S. The van der Waals surface area contributed by atoms with Gasteiger partial charge in [-0.05, 0) is 25.0 Å². The number of rotatable bonds is 6. The summed E-state index contributed by atoms with van der Waals surface area (Å²) in [7, 11) is -3.83. The minimum atomic E-state index is -3.83. The standard InChI is InChI=1S/C25H26N4O5S/c30-21(23-27-19(16-35(23,33)34)24(31)28-13-6-7-14-28)12-15-29-20-11-5-4-10-18(20)26-22(25(29)32)17-8-2-1-3-9-17/h1-5,8-11,19,23,27H,6-7,12-16H2. The molecule has 2 unspecified atom stereocenters. The van der Waals surface area contributed by atoms with Crippen LogP contribution in [0, 0.1) is 0 Å². The Bertz CT molecular complexity index is 1450. The van der Waals surface area contributed by atoms with Crippen LogP contribution < -0.4 is 10.9 Å². The molecule has 3 aromatic rings. The number of benzene rings is 2. The summed E-state index contributed by atoms with van der Waals surface area (Å²) in [5.41, 5.74) is 1.73. The molecule has 5 rings (SSSR count). The molecule has 0 spiro atoms. The first-order chi connectivity index (χ1) is 16.8. The Hall–Kier alpha value is -3.37. The molecule has 182 valence electrons. The van der Waals surface area contributed by atoms with E-state index in [9.17, 15) is 22.8 Å². The second-order valence-corrected chi connectivity index (χ2v) is 11.1. The smallest absolute Gasteiger partial charge is 0.277 e. The molecule has 2 aromatic carbocycles. The van der Waals surface area contributed by atoms with E-state index in [2.05, 4.69) is 10.3 Å². The van der Waals surface area contributed by atoms with Crippen molar-refractivity contribution >= 4 is 32.6 Å². The first-order valence-corrected chi connectivity index (χ1v) is 13.4. The first-order valence-electron chi connectivity index (χ1n) is 11.7. The number of ketones is 1. The Morgan fingerprint density at radius 2 is 1.69 bits per heavy atom. The molecule has 0 saturated carbocycles. The molecule has 2 saturated heterocycles. The number of amides is 1. The molecule has 0 aliphatic carbocycles. The van der Waals surface area contributed by atoms with Crippen molar-refractivity contribution < 1.29 is 18.0 Å². The van der Waals surface area contributed by atoms with Crippen molar-refractivity contribution in [1.29, 1.82) is 0 Å². The van der Waals surface area contributed by atoms with Crippen LogP contribution in [-0.2, 0) is 26.0 Å². The van der Waals surface area contributed by atoms with Crippen LogP contribution >= 0.6 is 0 Å². The molecule has 1 N–H and O–H groups in total. The highest BCUT2D eigenvalue weighted by molar-refractivity contribution is 7.93. The molecule has 2 aliphatic rings. The Kier molecular flexibility index (Phi) is 6.24. The van der Waals surface area contributed by atoms with Crippen LogP contribution in [0.25, 0.3) is 22.3 Å². The largest absolute Gasteiger partial charge is 0.341 e. The third kappa shape index (κ3) is 4.51. The summed E-state index contributed by atoms with van der Waals surface area (Å²) >= 11 is 0. The van der Waals surface area contributed by atoms with Gasteiger partial charge in [-0.3, -0.25) is 19.7 Å². The zero-order valence-corrected chi connectivity index (χ0v) is 19.9. The number of para-hydroxylation sites is 2. The minimum absolute atomic E-state index is 0.00102. The molecule has 2 fully saturated rings. The number of hydrogen-bond donors (Lipinski definition) is 1. The monoisotopic (exact) mass is 494 g/mol. The molecule has 1 aromatic heterocycles. The van der Waals surface area contributed by atoms with Crippen LogP contribution in [0.2, 0.25) is 0 Å². The molecule has 0 radical (unpaired) electrons. The highest BCUT2D eigenvalue weighted by atomic mass is 32.2. The van der Waals surface area contributed by atoms with E-state index < -0.39 is 32.8 Å². The van der Waals surface area contributed by atoms with Crippen molar-refractivity contribution in [2.75, 3.05) is 18.8 Å². The van der Waals surface area contributed by atoms with Crippen LogP contribution in [0.3, 0.4) is 0 Å². The topological polar surface area (TPSA) is 118 Å². The number of Topliss-reactive ketones (excluding diaryl/α,β-unsaturated/α-hetero) is 1. The third-order valence-electron chi connectivity index (χ3n) is 6.60. The maximum atomic E-state index is 13.3. The number of carbonyl (C=O) groups excluding carboxylic acids is 2. The zero-order chi connectivity index (χ0) is 24.6.